The summed E-state index contributed by atoms with van der Waals surface area (Å²) >= 11 is 11.9. The fraction of sp³-hybridized carbons (Fsp3) is 0.188. The van der Waals surface area contributed by atoms with Crippen molar-refractivity contribution in [3.8, 4) is 5.75 Å². The third-order valence-electron chi connectivity index (χ3n) is 3.17. The molecule has 0 aromatic heterocycles. The minimum atomic E-state index is 0.445. The van der Waals surface area contributed by atoms with Crippen molar-refractivity contribution in [1.29, 1.82) is 0 Å². The number of nitrogens with zero attached hydrogens (tertiary/aromatic N) is 1. The van der Waals surface area contributed by atoms with Gasteiger partial charge in [-0.1, -0.05) is 41.4 Å². The zero-order valence-corrected chi connectivity index (χ0v) is 12.8. The maximum Gasteiger partial charge on any atom is 0.128 e. The summed E-state index contributed by atoms with van der Waals surface area (Å²) in [4.78, 5) is 4.40. The Bertz CT molecular complexity index is 686. The molecule has 0 radical (unpaired) electrons. The van der Waals surface area contributed by atoms with E-state index in [4.69, 9.17) is 27.9 Å². The van der Waals surface area contributed by atoms with Gasteiger partial charge in [-0.05, 0) is 29.8 Å². The lowest BCUT2D eigenvalue weighted by molar-refractivity contribution is 0.306. The molecule has 0 bridgehead atoms. The van der Waals surface area contributed by atoms with Gasteiger partial charge in [-0.15, -0.1) is 0 Å². The van der Waals surface area contributed by atoms with Gasteiger partial charge in [-0.2, -0.15) is 0 Å². The molecule has 3 nitrogen and oxygen atoms in total. The highest BCUT2D eigenvalue weighted by Crippen LogP contribution is 2.23. The molecule has 2 aromatic carbocycles. The number of ether oxygens (including phenoxy) is 1. The lowest BCUT2D eigenvalue weighted by Crippen LogP contribution is -2.19. The van der Waals surface area contributed by atoms with Crippen molar-refractivity contribution in [3.05, 3.63) is 63.6 Å². The molecule has 0 amide bonds. The van der Waals surface area contributed by atoms with Crippen LogP contribution in [0.3, 0.4) is 0 Å². The molecule has 21 heavy (non-hydrogen) atoms. The van der Waals surface area contributed by atoms with E-state index in [9.17, 15) is 0 Å². The quantitative estimate of drug-likeness (QED) is 0.926. The number of hydrogen-bond donors (Lipinski definition) is 1. The summed E-state index contributed by atoms with van der Waals surface area (Å²) in [5.74, 6) is 1.73. The number of aliphatic imine (C=N–C) groups is 1. The van der Waals surface area contributed by atoms with E-state index in [0.717, 1.165) is 35.8 Å². The topological polar surface area (TPSA) is 33.6 Å². The Morgan fingerprint density at radius 2 is 2.00 bits per heavy atom. The van der Waals surface area contributed by atoms with Crippen molar-refractivity contribution < 1.29 is 4.74 Å². The van der Waals surface area contributed by atoms with Crippen LogP contribution in [0.2, 0.25) is 10.0 Å². The molecule has 2 aromatic rings. The predicted octanol–water partition coefficient (Wildman–Crippen LogP) is 3.92. The molecule has 0 aliphatic carbocycles. The number of rotatable bonds is 4. The van der Waals surface area contributed by atoms with Crippen LogP contribution < -0.4 is 10.1 Å². The van der Waals surface area contributed by atoms with Gasteiger partial charge in [-0.3, -0.25) is 4.99 Å². The molecule has 0 spiro atoms. The van der Waals surface area contributed by atoms with Gasteiger partial charge in [0.2, 0.25) is 0 Å². The molecule has 1 aliphatic rings. The number of amidine groups is 1. The highest BCUT2D eigenvalue weighted by molar-refractivity contribution is 6.42. The zero-order valence-electron chi connectivity index (χ0n) is 11.3. The van der Waals surface area contributed by atoms with Crippen LogP contribution in [0.15, 0.2) is 47.5 Å². The standard InChI is InChI=1S/C16H14Cl2N2O/c17-14-5-4-11(8-15(14)18)10-21-13-3-1-2-12(9-13)16-19-6-7-20-16/h1-5,8-9H,6-7,10H2,(H,19,20). The number of halogens is 2. The molecule has 0 fully saturated rings. The van der Waals surface area contributed by atoms with Crippen molar-refractivity contribution in [2.75, 3.05) is 13.1 Å². The van der Waals surface area contributed by atoms with Crippen LogP contribution in [-0.2, 0) is 6.61 Å². The van der Waals surface area contributed by atoms with E-state index in [2.05, 4.69) is 10.3 Å². The Balaban J connectivity index is 1.70. The predicted molar refractivity (Wildman–Crippen MR) is 86.6 cm³/mol. The molecule has 0 saturated carbocycles. The van der Waals surface area contributed by atoms with Crippen molar-refractivity contribution in [3.63, 3.8) is 0 Å². The smallest absolute Gasteiger partial charge is 0.128 e. The maximum absolute atomic E-state index is 6.00. The van der Waals surface area contributed by atoms with Crippen molar-refractivity contribution in [1.82, 2.24) is 5.32 Å². The Morgan fingerprint density at radius 3 is 2.76 bits per heavy atom. The first kappa shape index (κ1) is 14.2. The van der Waals surface area contributed by atoms with Gasteiger partial charge in [0.25, 0.3) is 0 Å². The monoisotopic (exact) mass is 320 g/mol. The first-order valence-electron chi connectivity index (χ1n) is 6.68. The van der Waals surface area contributed by atoms with E-state index in [1.54, 1.807) is 6.07 Å². The van der Waals surface area contributed by atoms with Crippen molar-refractivity contribution in [2.24, 2.45) is 4.99 Å². The molecule has 3 rings (SSSR count). The largest absolute Gasteiger partial charge is 0.489 e. The molecule has 0 unspecified atom stereocenters. The third kappa shape index (κ3) is 3.49. The highest BCUT2D eigenvalue weighted by Gasteiger charge is 2.08. The van der Waals surface area contributed by atoms with Gasteiger partial charge < -0.3 is 10.1 Å². The lowest BCUT2D eigenvalue weighted by atomic mass is 10.2. The Kier molecular flexibility index (Phi) is 4.32. The molecular formula is C16H14Cl2N2O. The molecular weight excluding hydrogens is 307 g/mol. The summed E-state index contributed by atoms with van der Waals surface area (Å²) < 4.78 is 5.80. The third-order valence-corrected chi connectivity index (χ3v) is 3.91. The molecule has 0 saturated heterocycles. The fourth-order valence-corrected chi connectivity index (χ4v) is 2.44. The summed E-state index contributed by atoms with van der Waals surface area (Å²) in [6, 6.07) is 13.4. The van der Waals surface area contributed by atoms with Gasteiger partial charge in [0, 0.05) is 12.1 Å². The Morgan fingerprint density at radius 1 is 1.10 bits per heavy atom. The van der Waals surface area contributed by atoms with E-state index >= 15 is 0 Å². The van der Waals surface area contributed by atoms with Crippen LogP contribution in [0.5, 0.6) is 5.75 Å². The number of nitrogens with one attached hydrogen (secondary N) is 1. The van der Waals surface area contributed by atoms with Crippen LogP contribution in [0.25, 0.3) is 0 Å². The maximum atomic E-state index is 6.00. The van der Waals surface area contributed by atoms with Gasteiger partial charge in [0.1, 0.15) is 18.2 Å². The normalized spacial score (nSPS) is 13.7. The minimum Gasteiger partial charge on any atom is -0.489 e. The lowest BCUT2D eigenvalue weighted by Gasteiger charge is -2.09. The molecule has 5 heteroatoms. The second kappa shape index (κ2) is 6.37. The van der Waals surface area contributed by atoms with Gasteiger partial charge >= 0.3 is 0 Å². The first-order valence-corrected chi connectivity index (χ1v) is 7.43. The molecule has 1 aliphatic heterocycles. The number of benzene rings is 2. The van der Waals surface area contributed by atoms with E-state index in [1.807, 2.05) is 36.4 Å². The van der Waals surface area contributed by atoms with Crippen LogP contribution in [0.1, 0.15) is 11.1 Å². The average Bonchev–Trinajstić information content (AvgIpc) is 3.03. The Labute approximate surface area is 133 Å². The second-order valence-corrected chi connectivity index (χ2v) is 5.54. The first-order chi connectivity index (χ1) is 10.2. The fourth-order valence-electron chi connectivity index (χ4n) is 2.12. The summed E-state index contributed by atoms with van der Waals surface area (Å²) in [5.41, 5.74) is 2.02. The molecule has 1 N–H and O–H groups in total. The summed E-state index contributed by atoms with van der Waals surface area (Å²) in [6.45, 7) is 2.16. The molecule has 0 atom stereocenters. The minimum absolute atomic E-state index is 0.445. The summed E-state index contributed by atoms with van der Waals surface area (Å²) in [7, 11) is 0. The van der Waals surface area contributed by atoms with E-state index in [1.165, 1.54) is 0 Å². The van der Waals surface area contributed by atoms with Crippen LogP contribution in [-0.4, -0.2) is 18.9 Å². The van der Waals surface area contributed by atoms with Crippen molar-refractivity contribution in [2.45, 2.75) is 6.61 Å². The molecule has 1 heterocycles. The second-order valence-electron chi connectivity index (χ2n) is 4.72. The van der Waals surface area contributed by atoms with Crippen LogP contribution >= 0.6 is 23.2 Å². The van der Waals surface area contributed by atoms with Crippen LogP contribution in [0, 0.1) is 0 Å². The zero-order chi connectivity index (χ0) is 14.7. The molecule has 108 valence electrons. The summed E-state index contributed by atoms with van der Waals surface area (Å²) in [6.07, 6.45) is 0. The van der Waals surface area contributed by atoms with Gasteiger partial charge in [-0.25, -0.2) is 0 Å². The SMILES string of the molecule is Clc1ccc(COc2cccc(C3=NCCN3)c2)cc1Cl. The van der Waals surface area contributed by atoms with Crippen LogP contribution in [0.4, 0.5) is 0 Å². The van der Waals surface area contributed by atoms with E-state index in [0.29, 0.717) is 16.7 Å². The summed E-state index contributed by atoms with van der Waals surface area (Å²) in [5, 5.41) is 4.34. The van der Waals surface area contributed by atoms with Gasteiger partial charge in [0.15, 0.2) is 0 Å². The van der Waals surface area contributed by atoms with Crippen molar-refractivity contribution >= 4 is 29.0 Å². The highest BCUT2D eigenvalue weighted by atomic mass is 35.5. The average molecular weight is 321 g/mol. The van der Waals surface area contributed by atoms with E-state index < -0.39 is 0 Å². The Hall–Kier alpha value is -1.71. The number of hydrogen-bond acceptors (Lipinski definition) is 3. The van der Waals surface area contributed by atoms with Gasteiger partial charge in [0.05, 0.1) is 16.6 Å². The van der Waals surface area contributed by atoms with E-state index in [-0.39, 0.29) is 0 Å².